The van der Waals surface area contributed by atoms with Gasteiger partial charge in [0.05, 0.1) is 24.0 Å². The fraction of sp³-hybridized carbons (Fsp3) is 0.278. The second kappa shape index (κ2) is 7.14. The second-order valence-electron chi connectivity index (χ2n) is 5.80. The second-order valence-corrected chi connectivity index (χ2v) is 7.98. The Hall–Kier alpha value is -2.54. The average Bonchev–Trinajstić information content (AvgIpc) is 3.13. The topological polar surface area (TPSA) is 79.6 Å². The predicted octanol–water partition coefficient (Wildman–Crippen LogP) is 3.03. The van der Waals surface area contributed by atoms with Gasteiger partial charge in [0.1, 0.15) is 0 Å². The van der Waals surface area contributed by atoms with Gasteiger partial charge >= 0.3 is 0 Å². The highest BCUT2D eigenvalue weighted by Crippen LogP contribution is 2.31. The van der Waals surface area contributed by atoms with Crippen molar-refractivity contribution in [3.8, 4) is 0 Å². The molecule has 6 nitrogen and oxygen atoms in total. The Labute approximate surface area is 147 Å². The summed E-state index contributed by atoms with van der Waals surface area (Å²) in [6, 6.07) is 7.09. The number of hydrogen-bond donors (Lipinski definition) is 1. The fourth-order valence-corrected chi connectivity index (χ4v) is 4.01. The normalized spacial score (nSPS) is 14.5. The average molecular weight is 360 g/mol. The van der Waals surface area contributed by atoms with Crippen molar-refractivity contribution in [2.75, 3.05) is 21.9 Å². The van der Waals surface area contributed by atoms with Gasteiger partial charge in [-0.25, -0.2) is 8.42 Å². The summed E-state index contributed by atoms with van der Waals surface area (Å²) < 4.78 is 30.8. The quantitative estimate of drug-likeness (QED) is 0.831. The number of carbonyl (C=O) groups is 1. The number of benzene rings is 1. The van der Waals surface area contributed by atoms with Crippen LogP contribution in [0.1, 0.15) is 24.5 Å². The summed E-state index contributed by atoms with van der Waals surface area (Å²) in [5.74, 6) is -0.181. The van der Waals surface area contributed by atoms with Crippen molar-refractivity contribution < 1.29 is 17.6 Å². The lowest BCUT2D eigenvalue weighted by molar-refractivity contribution is -0.111. The minimum absolute atomic E-state index is 0.0731. The molecule has 132 valence electrons. The van der Waals surface area contributed by atoms with Gasteiger partial charge in [-0.15, -0.1) is 0 Å². The van der Waals surface area contributed by atoms with E-state index in [1.54, 1.807) is 37.5 Å². The van der Waals surface area contributed by atoms with E-state index in [4.69, 9.17) is 4.42 Å². The molecule has 1 aliphatic rings. The molecular formula is C18H20N2O4S. The number of nitrogens with one attached hydrogen (secondary N) is 1. The Morgan fingerprint density at radius 3 is 2.92 bits per heavy atom. The summed E-state index contributed by atoms with van der Waals surface area (Å²) in [4.78, 5) is 12.0. The first kappa shape index (κ1) is 17.3. The van der Waals surface area contributed by atoms with Gasteiger partial charge in [-0.3, -0.25) is 9.10 Å². The van der Waals surface area contributed by atoms with E-state index in [1.165, 1.54) is 16.6 Å². The van der Waals surface area contributed by atoms with Crippen LogP contribution < -0.4 is 9.62 Å². The van der Waals surface area contributed by atoms with Gasteiger partial charge in [0.25, 0.3) is 0 Å². The first-order valence-corrected chi connectivity index (χ1v) is 9.75. The van der Waals surface area contributed by atoms with Crippen molar-refractivity contribution in [1.29, 1.82) is 0 Å². The van der Waals surface area contributed by atoms with Crippen LogP contribution in [0.2, 0.25) is 0 Å². The maximum Gasteiger partial charge on any atom is 0.248 e. The largest absolute Gasteiger partial charge is 0.472 e. The summed E-state index contributed by atoms with van der Waals surface area (Å²) >= 11 is 0. The molecule has 1 aromatic carbocycles. The van der Waals surface area contributed by atoms with Gasteiger partial charge in [0.15, 0.2) is 0 Å². The van der Waals surface area contributed by atoms with Crippen LogP contribution in [0.5, 0.6) is 0 Å². The van der Waals surface area contributed by atoms with Crippen LogP contribution in [0.3, 0.4) is 0 Å². The van der Waals surface area contributed by atoms with Crippen molar-refractivity contribution >= 4 is 33.4 Å². The van der Waals surface area contributed by atoms with E-state index in [0.717, 1.165) is 24.0 Å². The van der Waals surface area contributed by atoms with Crippen LogP contribution in [-0.4, -0.2) is 26.6 Å². The fourth-order valence-electron chi connectivity index (χ4n) is 2.81. The molecule has 0 bridgehead atoms. The number of furan rings is 1. The molecule has 1 aliphatic heterocycles. The Bertz CT molecular complexity index is 886. The highest BCUT2D eigenvalue weighted by molar-refractivity contribution is 7.92. The molecule has 0 spiro atoms. The van der Waals surface area contributed by atoms with Crippen molar-refractivity contribution in [1.82, 2.24) is 0 Å². The Morgan fingerprint density at radius 2 is 2.20 bits per heavy atom. The minimum atomic E-state index is -3.28. The first-order chi connectivity index (χ1) is 12.0. The summed E-state index contributed by atoms with van der Waals surface area (Å²) in [7, 11) is -3.28. The standard InChI is InChI=1S/C18H20N2O4S/c1-2-25(22,23)20-10-3-4-15-12-16(6-7-17(15)20)19-18(21)8-5-14-9-11-24-13-14/h5-9,11-13H,2-4,10H2,1H3,(H,19,21)/b8-5+. The number of fused-ring (bicyclic) bond motifs is 1. The molecule has 0 atom stereocenters. The molecule has 1 amide bonds. The van der Waals surface area contributed by atoms with Crippen molar-refractivity contribution in [2.45, 2.75) is 19.8 Å². The molecular weight excluding hydrogens is 340 g/mol. The molecule has 0 saturated carbocycles. The molecule has 25 heavy (non-hydrogen) atoms. The smallest absolute Gasteiger partial charge is 0.248 e. The molecule has 1 aromatic heterocycles. The molecule has 7 heteroatoms. The Morgan fingerprint density at radius 1 is 1.36 bits per heavy atom. The van der Waals surface area contributed by atoms with Gasteiger partial charge in [-0.2, -0.15) is 0 Å². The van der Waals surface area contributed by atoms with Gasteiger partial charge in [0.2, 0.25) is 15.9 Å². The van der Waals surface area contributed by atoms with E-state index in [2.05, 4.69) is 5.32 Å². The third-order valence-corrected chi connectivity index (χ3v) is 5.87. The highest BCUT2D eigenvalue weighted by Gasteiger charge is 2.26. The molecule has 0 unspecified atom stereocenters. The molecule has 1 N–H and O–H groups in total. The van der Waals surface area contributed by atoms with E-state index in [1.807, 2.05) is 6.07 Å². The lowest BCUT2D eigenvalue weighted by atomic mass is 10.0. The number of nitrogens with zero attached hydrogens (tertiary/aromatic N) is 1. The van der Waals surface area contributed by atoms with Crippen LogP contribution in [-0.2, 0) is 21.2 Å². The van der Waals surface area contributed by atoms with Crippen LogP contribution in [0.4, 0.5) is 11.4 Å². The van der Waals surface area contributed by atoms with Gasteiger partial charge in [0, 0.05) is 23.9 Å². The van der Waals surface area contributed by atoms with Crippen molar-refractivity contribution in [2.24, 2.45) is 0 Å². The van der Waals surface area contributed by atoms with E-state index < -0.39 is 10.0 Å². The van der Waals surface area contributed by atoms with Gasteiger partial charge in [-0.05, 0) is 55.7 Å². The van der Waals surface area contributed by atoms with E-state index in [0.29, 0.717) is 17.9 Å². The number of aryl methyl sites for hydroxylation is 1. The third-order valence-electron chi connectivity index (χ3n) is 4.09. The SMILES string of the molecule is CCS(=O)(=O)N1CCCc2cc(NC(=O)/C=C/c3ccoc3)ccc21. The lowest BCUT2D eigenvalue weighted by Crippen LogP contribution is -2.36. The van der Waals surface area contributed by atoms with Crippen LogP contribution in [0.15, 0.2) is 47.3 Å². The van der Waals surface area contributed by atoms with Crippen LogP contribution >= 0.6 is 0 Å². The first-order valence-electron chi connectivity index (χ1n) is 8.14. The molecule has 0 aliphatic carbocycles. The number of amides is 1. The molecule has 3 rings (SSSR count). The zero-order chi connectivity index (χ0) is 17.9. The maximum atomic E-state index is 12.2. The summed E-state index contributed by atoms with van der Waals surface area (Å²) in [6.45, 7) is 2.15. The third kappa shape index (κ3) is 3.93. The van der Waals surface area contributed by atoms with Crippen molar-refractivity contribution in [3.63, 3.8) is 0 Å². The van der Waals surface area contributed by atoms with Gasteiger partial charge < -0.3 is 9.73 Å². The van der Waals surface area contributed by atoms with E-state index >= 15 is 0 Å². The number of hydrogen-bond acceptors (Lipinski definition) is 4. The molecule has 0 fully saturated rings. The maximum absolute atomic E-state index is 12.2. The number of carbonyl (C=O) groups excluding carboxylic acids is 1. The van der Waals surface area contributed by atoms with Crippen LogP contribution in [0, 0.1) is 0 Å². The summed E-state index contributed by atoms with van der Waals surface area (Å²) in [6.07, 6.45) is 7.73. The highest BCUT2D eigenvalue weighted by atomic mass is 32.2. The zero-order valence-corrected chi connectivity index (χ0v) is 14.8. The number of rotatable bonds is 5. The predicted molar refractivity (Wildman–Crippen MR) is 97.9 cm³/mol. The molecule has 2 aromatic rings. The van der Waals surface area contributed by atoms with Crippen LogP contribution in [0.25, 0.3) is 6.08 Å². The number of anilines is 2. The lowest BCUT2D eigenvalue weighted by Gasteiger charge is -2.30. The number of sulfonamides is 1. The zero-order valence-electron chi connectivity index (χ0n) is 13.9. The van der Waals surface area contributed by atoms with E-state index in [9.17, 15) is 13.2 Å². The van der Waals surface area contributed by atoms with Gasteiger partial charge in [-0.1, -0.05) is 0 Å². The minimum Gasteiger partial charge on any atom is -0.472 e. The van der Waals surface area contributed by atoms with E-state index in [-0.39, 0.29) is 11.7 Å². The summed E-state index contributed by atoms with van der Waals surface area (Å²) in [5.41, 5.74) is 3.09. The summed E-state index contributed by atoms with van der Waals surface area (Å²) in [5, 5.41) is 2.80. The molecule has 0 saturated heterocycles. The molecule has 2 heterocycles. The molecule has 0 radical (unpaired) electrons. The van der Waals surface area contributed by atoms with Crippen molar-refractivity contribution in [3.05, 3.63) is 54.0 Å². The Balaban J connectivity index is 1.76. The monoisotopic (exact) mass is 360 g/mol. The Kier molecular flexibility index (Phi) is 4.94.